The summed E-state index contributed by atoms with van der Waals surface area (Å²) in [4.78, 5) is 24.7. The molecular weight excluding hydrogens is 246 g/mol. The second-order valence-corrected chi connectivity index (χ2v) is 5.18. The van der Waals surface area contributed by atoms with E-state index in [1.54, 1.807) is 0 Å². The molecule has 1 unspecified atom stereocenters. The maximum absolute atomic E-state index is 12.1. The fourth-order valence-corrected chi connectivity index (χ4v) is 2.37. The van der Waals surface area contributed by atoms with Gasteiger partial charge < -0.3 is 15.1 Å². The lowest BCUT2D eigenvalue weighted by Gasteiger charge is -2.26. The molecule has 1 heterocycles. The summed E-state index contributed by atoms with van der Waals surface area (Å²) in [7, 11) is 0. The Morgan fingerprint density at radius 3 is 2.47 bits per heavy atom. The molecule has 0 aliphatic carbocycles. The Morgan fingerprint density at radius 1 is 1.42 bits per heavy atom. The number of nitrogens with zero attached hydrogens (tertiary/aromatic N) is 1. The molecule has 0 saturated carbocycles. The number of hydrogen-bond donors (Lipinski definition) is 2. The molecule has 0 bridgehead atoms. The van der Waals surface area contributed by atoms with Gasteiger partial charge in [0.05, 0.1) is 6.04 Å². The monoisotopic (exact) mass is 263 g/mol. The molecule has 3 atom stereocenters. The highest BCUT2D eigenvalue weighted by Crippen LogP contribution is 2.36. The van der Waals surface area contributed by atoms with E-state index in [4.69, 9.17) is 0 Å². The van der Waals surface area contributed by atoms with Gasteiger partial charge in [0, 0.05) is 6.54 Å². The van der Waals surface area contributed by atoms with Crippen molar-refractivity contribution in [1.29, 1.82) is 0 Å². The van der Waals surface area contributed by atoms with Crippen LogP contribution in [0.4, 0.5) is 0 Å². The Bertz CT molecular complexity index is 501. The fourth-order valence-electron chi connectivity index (χ4n) is 2.37. The number of carboxylic acids is 1. The van der Waals surface area contributed by atoms with Gasteiger partial charge in [0.2, 0.25) is 0 Å². The molecule has 102 valence electrons. The Hall–Kier alpha value is -1.88. The number of carbonyl (C=O) groups excluding carboxylic acids is 1. The maximum Gasteiger partial charge on any atom is 0.314 e. The number of aliphatic carboxylic acids is 1. The lowest BCUT2D eigenvalue weighted by Crippen LogP contribution is -2.39. The second kappa shape index (κ2) is 4.66. The number of carbonyl (C=O) groups is 2. The minimum Gasteiger partial charge on any atom is -0.481 e. The molecule has 19 heavy (non-hydrogen) atoms. The van der Waals surface area contributed by atoms with Crippen molar-refractivity contribution in [3.05, 3.63) is 35.9 Å². The largest absolute Gasteiger partial charge is 0.481 e. The second-order valence-electron chi connectivity index (χ2n) is 5.18. The number of hydrogen-bond acceptors (Lipinski definition) is 3. The molecule has 1 amide bonds. The molecular formula is C14H17NO4. The molecule has 1 saturated heterocycles. The molecule has 1 fully saturated rings. The van der Waals surface area contributed by atoms with Gasteiger partial charge in [0.1, 0.15) is 5.41 Å². The average Bonchev–Trinajstić information content (AvgIpc) is 2.65. The number of carboxylic acid groups (broad SMARTS) is 1. The van der Waals surface area contributed by atoms with Gasteiger partial charge in [0.15, 0.2) is 6.10 Å². The molecule has 0 spiro atoms. The van der Waals surface area contributed by atoms with Crippen LogP contribution in [0, 0.1) is 5.41 Å². The van der Waals surface area contributed by atoms with Crippen LogP contribution < -0.4 is 0 Å². The highest BCUT2D eigenvalue weighted by Gasteiger charge is 2.54. The summed E-state index contributed by atoms with van der Waals surface area (Å²) in [5.74, 6) is -1.68. The number of aliphatic hydroxyl groups is 1. The van der Waals surface area contributed by atoms with E-state index < -0.39 is 23.4 Å². The predicted octanol–water partition coefficient (Wildman–Crippen LogP) is 1.04. The topological polar surface area (TPSA) is 77.8 Å². The Balaban J connectivity index is 2.28. The van der Waals surface area contributed by atoms with Crippen LogP contribution in [0.5, 0.6) is 0 Å². The summed E-state index contributed by atoms with van der Waals surface area (Å²) in [6, 6.07) is 9.09. The van der Waals surface area contributed by atoms with E-state index in [9.17, 15) is 19.8 Å². The van der Waals surface area contributed by atoms with Crippen LogP contribution in [0.2, 0.25) is 0 Å². The van der Waals surface area contributed by atoms with Gasteiger partial charge in [-0.1, -0.05) is 30.3 Å². The van der Waals surface area contributed by atoms with Crippen molar-refractivity contribution in [2.24, 2.45) is 5.41 Å². The Labute approximate surface area is 111 Å². The normalized spacial score (nSPS) is 28.5. The van der Waals surface area contributed by atoms with Crippen molar-refractivity contribution in [1.82, 2.24) is 4.90 Å². The van der Waals surface area contributed by atoms with E-state index in [1.807, 2.05) is 37.3 Å². The Kier molecular flexibility index (Phi) is 3.32. The number of likely N-dealkylation sites (tertiary alicyclic amines) is 1. The summed E-state index contributed by atoms with van der Waals surface area (Å²) in [6.07, 6.45) is -1.49. The molecule has 2 rings (SSSR count). The van der Waals surface area contributed by atoms with E-state index in [0.29, 0.717) is 0 Å². The third-order valence-electron chi connectivity index (χ3n) is 3.86. The molecule has 2 N–H and O–H groups in total. The highest BCUT2D eigenvalue weighted by molar-refractivity contribution is 5.92. The lowest BCUT2D eigenvalue weighted by molar-refractivity contribution is -0.154. The third-order valence-corrected chi connectivity index (χ3v) is 3.86. The summed E-state index contributed by atoms with van der Waals surface area (Å²) in [6.45, 7) is 3.24. The first-order valence-electron chi connectivity index (χ1n) is 6.15. The van der Waals surface area contributed by atoms with E-state index in [1.165, 1.54) is 11.8 Å². The van der Waals surface area contributed by atoms with Crippen LogP contribution in [-0.4, -0.2) is 39.6 Å². The van der Waals surface area contributed by atoms with Crippen LogP contribution in [0.1, 0.15) is 25.5 Å². The molecule has 1 aromatic carbocycles. The first-order chi connectivity index (χ1) is 8.88. The van der Waals surface area contributed by atoms with E-state index in [-0.39, 0.29) is 12.6 Å². The molecule has 5 heteroatoms. The quantitative estimate of drug-likeness (QED) is 0.854. The van der Waals surface area contributed by atoms with Crippen LogP contribution in [0.3, 0.4) is 0 Å². The molecule has 1 aliphatic rings. The van der Waals surface area contributed by atoms with Crippen molar-refractivity contribution in [3.63, 3.8) is 0 Å². The average molecular weight is 263 g/mol. The highest BCUT2D eigenvalue weighted by atomic mass is 16.4. The summed E-state index contributed by atoms with van der Waals surface area (Å²) < 4.78 is 0. The standard InChI is InChI=1S/C14H17NO4/c1-9(10-6-4-3-5-7-10)15-8-14(2,13(18)19)11(16)12(15)17/h3-7,9,11,16H,8H2,1-2H3,(H,18,19)/t9-,11?,14+/m1/s1. The number of aliphatic hydroxyl groups excluding tert-OH is 1. The van der Waals surface area contributed by atoms with E-state index in [2.05, 4.69) is 0 Å². The van der Waals surface area contributed by atoms with Gasteiger partial charge in [-0.3, -0.25) is 9.59 Å². The van der Waals surface area contributed by atoms with Crippen molar-refractivity contribution in [2.75, 3.05) is 6.54 Å². The number of amides is 1. The van der Waals surface area contributed by atoms with Crippen LogP contribution >= 0.6 is 0 Å². The number of rotatable bonds is 3. The summed E-state index contributed by atoms with van der Waals surface area (Å²) in [5.41, 5.74) is -0.530. The smallest absolute Gasteiger partial charge is 0.314 e. The van der Waals surface area contributed by atoms with Crippen LogP contribution in [-0.2, 0) is 9.59 Å². The first-order valence-corrected chi connectivity index (χ1v) is 6.15. The van der Waals surface area contributed by atoms with Gasteiger partial charge in [-0.05, 0) is 19.4 Å². The fraction of sp³-hybridized carbons (Fsp3) is 0.429. The van der Waals surface area contributed by atoms with Crippen molar-refractivity contribution >= 4 is 11.9 Å². The van der Waals surface area contributed by atoms with Crippen molar-refractivity contribution < 1.29 is 19.8 Å². The minimum absolute atomic E-state index is 0.0123. The summed E-state index contributed by atoms with van der Waals surface area (Å²) >= 11 is 0. The zero-order valence-corrected chi connectivity index (χ0v) is 10.9. The van der Waals surface area contributed by atoms with Gasteiger partial charge in [-0.25, -0.2) is 0 Å². The van der Waals surface area contributed by atoms with Gasteiger partial charge in [-0.2, -0.15) is 0 Å². The lowest BCUT2D eigenvalue weighted by atomic mass is 9.87. The molecule has 1 aromatic rings. The van der Waals surface area contributed by atoms with Gasteiger partial charge in [0.25, 0.3) is 5.91 Å². The molecule has 5 nitrogen and oxygen atoms in total. The Morgan fingerprint density at radius 2 is 2.00 bits per heavy atom. The zero-order chi connectivity index (χ0) is 14.2. The maximum atomic E-state index is 12.1. The van der Waals surface area contributed by atoms with Crippen LogP contribution in [0.15, 0.2) is 30.3 Å². The molecule has 1 aliphatic heterocycles. The van der Waals surface area contributed by atoms with E-state index >= 15 is 0 Å². The predicted molar refractivity (Wildman–Crippen MR) is 68.3 cm³/mol. The summed E-state index contributed by atoms with van der Waals surface area (Å²) in [5, 5.41) is 19.1. The first kappa shape index (κ1) is 13.5. The van der Waals surface area contributed by atoms with Crippen molar-refractivity contribution in [2.45, 2.75) is 26.0 Å². The van der Waals surface area contributed by atoms with Gasteiger partial charge in [-0.15, -0.1) is 0 Å². The number of benzene rings is 1. The third kappa shape index (κ3) is 2.10. The van der Waals surface area contributed by atoms with Crippen LogP contribution in [0.25, 0.3) is 0 Å². The zero-order valence-electron chi connectivity index (χ0n) is 10.9. The van der Waals surface area contributed by atoms with Gasteiger partial charge >= 0.3 is 5.97 Å². The molecule has 0 aromatic heterocycles. The minimum atomic E-state index is -1.49. The van der Waals surface area contributed by atoms with E-state index in [0.717, 1.165) is 5.56 Å². The van der Waals surface area contributed by atoms with Crippen molar-refractivity contribution in [3.8, 4) is 0 Å². The molecule has 0 radical (unpaired) electrons. The SMILES string of the molecule is C[C@H](c1ccccc1)N1C[C@](C)(C(=O)O)C(O)C1=O.